The molecule has 0 radical (unpaired) electrons. The van der Waals surface area contributed by atoms with E-state index in [9.17, 15) is 13.6 Å². The molecule has 11 heteroatoms. The van der Waals surface area contributed by atoms with Gasteiger partial charge in [-0.25, -0.2) is 18.3 Å². The zero-order chi connectivity index (χ0) is 25.4. The molecule has 1 aliphatic carbocycles. The van der Waals surface area contributed by atoms with Gasteiger partial charge < -0.3 is 15.1 Å². The van der Waals surface area contributed by atoms with Crippen molar-refractivity contribution in [2.45, 2.75) is 64.0 Å². The maximum absolute atomic E-state index is 13.8. The lowest BCUT2D eigenvalue weighted by atomic mass is 9.87. The summed E-state index contributed by atoms with van der Waals surface area (Å²) in [6.45, 7) is 3.95. The number of carbonyl (C=O) groups is 1. The summed E-state index contributed by atoms with van der Waals surface area (Å²) in [5, 5.41) is 11.1. The first-order valence-electron chi connectivity index (χ1n) is 12.7. The highest BCUT2D eigenvalue weighted by Crippen LogP contribution is 2.34. The van der Waals surface area contributed by atoms with Crippen LogP contribution >= 0.6 is 0 Å². The van der Waals surface area contributed by atoms with Gasteiger partial charge in [0.05, 0.1) is 17.9 Å². The highest BCUT2D eigenvalue weighted by Gasteiger charge is 2.27. The van der Waals surface area contributed by atoms with Gasteiger partial charge >= 0.3 is 0 Å². The Morgan fingerprint density at radius 1 is 1.14 bits per heavy atom. The van der Waals surface area contributed by atoms with Crippen molar-refractivity contribution in [1.82, 2.24) is 29.3 Å². The van der Waals surface area contributed by atoms with Gasteiger partial charge in [-0.2, -0.15) is 10.2 Å². The third-order valence-corrected chi connectivity index (χ3v) is 7.69. The van der Waals surface area contributed by atoms with Crippen LogP contribution in [0.1, 0.15) is 74.0 Å². The van der Waals surface area contributed by atoms with Crippen LogP contribution in [0.25, 0.3) is 5.65 Å². The number of nitrogens with one attached hydrogen (secondary N) is 1. The van der Waals surface area contributed by atoms with Crippen molar-refractivity contribution >= 4 is 23.1 Å². The maximum atomic E-state index is 13.8. The van der Waals surface area contributed by atoms with E-state index in [1.807, 2.05) is 6.07 Å². The van der Waals surface area contributed by atoms with E-state index in [1.54, 1.807) is 17.1 Å². The molecule has 0 aromatic carbocycles. The summed E-state index contributed by atoms with van der Waals surface area (Å²) >= 11 is 0. The summed E-state index contributed by atoms with van der Waals surface area (Å²) in [5.74, 6) is 0.888. The van der Waals surface area contributed by atoms with Crippen molar-refractivity contribution in [2.24, 2.45) is 5.92 Å². The summed E-state index contributed by atoms with van der Waals surface area (Å²) in [6, 6.07) is 2.51. The predicted molar refractivity (Wildman–Crippen MR) is 134 cm³/mol. The molecule has 1 N–H and O–H groups in total. The van der Waals surface area contributed by atoms with Crippen LogP contribution in [0, 0.1) is 5.92 Å². The Balaban J connectivity index is 1.35. The molecule has 1 saturated carbocycles. The topological polar surface area (TPSA) is 83.6 Å². The molecule has 1 amide bonds. The Kier molecular flexibility index (Phi) is 6.92. The molecule has 4 heterocycles. The van der Waals surface area contributed by atoms with E-state index in [0.29, 0.717) is 17.6 Å². The first kappa shape index (κ1) is 24.6. The van der Waals surface area contributed by atoms with Gasteiger partial charge in [0.1, 0.15) is 11.4 Å². The molecular weight excluding hydrogens is 466 g/mol. The van der Waals surface area contributed by atoms with E-state index in [1.165, 1.54) is 10.7 Å². The fraction of sp³-hybridized carbons (Fsp3) is 0.600. The number of fused-ring (bicyclic) bond motifs is 1. The number of alkyl halides is 2. The zero-order valence-electron chi connectivity index (χ0n) is 21.1. The molecule has 36 heavy (non-hydrogen) atoms. The van der Waals surface area contributed by atoms with Crippen molar-refractivity contribution in [3.8, 4) is 0 Å². The third kappa shape index (κ3) is 4.93. The molecule has 5 rings (SSSR count). The standard InChI is InChI=1S/C25H34F2N8O/c1-16-4-6-18(7-5-16)35-15-20(22(31-35)23(26)27)29-25(36)19-14-28-34-13-10-21(30-24(19)34)33-11-8-17(9-12-33)32(2)3/h10,13-18,23H,4-9,11-12H2,1-3H3,(H,29,36). The van der Waals surface area contributed by atoms with E-state index in [2.05, 4.69) is 46.3 Å². The fourth-order valence-corrected chi connectivity index (χ4v) is 5.35. The van der Waals surface area contributed by atoms with Crippen LogP contribution in [0.15, 0.2) is 24.7 Å². The van der Waals surface area contributed by atoms with Crippen LogP contribution in [-0.4, -0.2) is 68.4 Å². The number of hydrogen-bond acceptors (Lipinski definition) is 6. The Morgan fingerprint density at radius 2 is 1.86 bits per heavy atom. The van der Waals surface area contributed by atoms with E-state index < -0.39 is 18.0 Å². The number of rotatable bonds is 6. The van der Waals surface area contributed by atoms with Crippen molar-refractivity contribution in [2.75, 3.05) is 37.4 Å². The van der Waals surface area contributed by atoms with Crippen LogP contribution in [0.3, 0.4) is 0 Å². The molecule has 1 aliphatic heterocycles. The molecule has 0 spiro atoms. The highest BCUT2D eigenvalue weighted by atomic mass is 19.3. The SMILES string of the molecule is CC1CCC(n2cc(NC(=O)c3cnn4ccc(N5CCC(N(C)C)CC5)nc34)c(C(F)F)n2)CC1. The minimum absolute atomic E-state index is 0.0369. The minimum atomic E-state index is -2.79. The summed E-state index contributed by atoms with van der Waals surface area (Å²) in [5.41, 5.74) is 0.261. The number of halogens is 2. The first-order valence-corrected chi connectivity index (χ1v) is 12.7. The lowest BCUT2D eigenvalue weighted by molar-refractivity contribution is 0.102. The number of hydrogen-bond donors (Lipinski definition) is 1. The second-order valence-electron chi connectivity index (χ2n) is 10.4. The number of carbonyl (C=O) groups excluding carboxylic acids is 1. The van der Waals surface area contributed by atoms with Crippen molar-refractivity contribution in [3.63, 3.8) is 0 Å². The maximum Gasteiger partial charge on any atom is 0.284 e. The van der Waals surface area contributed by atoms with Crippen LogP contribution in [0.4, 0.5) is 20.3 Å². The Bertz CT molecular complexity index is 1210. The molecule has 3 aromatic heterocycles. The van der Waals surface area contributed by atoms with Crippen LogP contribution < -0.4 is 10.2 Å². The van der Waals surface area contributed by atoms with Gasteiger partial charge in [0.25, 0.3) is 12.3 Å². The van der Waals surface area contributed by atoms with Gasteiger partial charge in [-0.15, -0.1) is 0 Å². The predicted octanol–water partition coefficient (Wildman–Crippen LogP) is 4.40. The van der Waals surface area contributed by atoms with Crippen molar-refractivity contribution < 1.29 is 13.6 Å². The van der Waals surface area contributed by atoms with Gasteiger partial charge in [-0.05, 0) is 64.6 Å². The largest absolute Gasteiger partial charge is 0.356 e. The second kappa shape index (κ2) is 10.1. The molecular formula is C25H34F2N8O. The lowest BCUT2D eigenvalue weighted by Crippen LogP contribution is -2.42. The van der Waals surface area contributed by atoms with Gasteiger partial charge in [-0.1, -0.05) is 6.92 Å². The number of piperidine rings is 1. The molecule has 0 unspecified atom stereocenters. The number of anilines is 2. The zero-order valence-corrected chi connectivity index (χ0v) is 21.1. The smallest absolute Gasteiger partial charge is 0.284 e. The number of nitrogens with zero attached hydrogens (tertiary/aromatic N) is 7. The molecule has 1 saturated heterocycles. The average Bonchev–Trinajstić information content (AvgIpc) is 3.48. The monoisotopic (exact) mass is 500 g/mol. The first-order chi connectivity index (χ1) is 17.3. The van der Waals surface area contributed by atoms with Gasteiger partial charge in [0.15, 0.2) is 11.3 Å². The van der Waals surface area contributed by atoms with E-state index >= 15 is 0 Å². The van der Waals surface area contributed by atoms with Gasteiger partial charge in [0, 0.05) is 31.5 Å². The van der Waals surface area contributed by atoms with Crippen molar-refractivity contribution in [3.05, 3.63) is 35.9 Å². The van der Waals surface area contributed by atoms with Gasteiger partial charge in [0.2, 0.25) is 0 Å². The second-order valence-corrected chi connectivity index (χ2v) is 10.4. The molecule has 2 fully saturated rings. The molecule has 3 aromatic rings. The normalized spacial score (nSPS) is 21.6. The molecule has 9 nitrogen and oxygen atoms in total. The molecule has 0 atom stereocenters. The highest BCUT2D eigenvalue weighted by molar-refractivity contribution is 6.08. The van der Waals surface area contributed by atoms with Gasteiger partial charge in [-0.3, -0.25) is 9.48 Å². The van der Waals surface area contributed by atoms with Crippen molar-refractivity contribution in [1.29, 1.82) is 0 Å². The Hall–Kier alpha value is -3.08. The number of amides is 1. The summed E-state index contributed by atoms with van der Waals surface area (Å²) in [6.07, 6.45) is 7.89. The summed E-state index contributed by atoms with van der Waals surface area (Å²) in [7, 11) is 4.20. The quantitative estimate of drug-likeness (QED) is 0.540. The molecule has 0 bridgehead atoms. The summed E-state index contributed by atoms with van der Waals surface area (Å²) in [4.78, 5) is 22.4. The van der Waals surface area contributed by atoms with E-state index in [4.69, 9.17) is 4.98 Å². The summed E-state index contributed by atoms with van der Waals surface area (Å²) < 4.78 is 30.7. The average molecular weight is 501 g/mol. The fourth-order valence-electron chi connectivity index (χ4n) is 5.35. The molecule has 194 valence electrons. The number of aromatic nitrogens is 5. The Morgan fingerprint density at radius 3 is 2.53 bits per heavy atom. The van der Waals surface area contributed by atoms with Crippen LogP contribution in [0.5, 0.6) is 0 Å². The van der Waals surface area contributed by atoms with Crippen LogP contribution in [0.2, 0.25) is 0 Å². The van der Waals surface area contributed by atoms with E-state index in [-0.39, 0.29) is 17.3 Å². The molecule has 2 aliphatic rings. The minimum Gasteiger partial charge on any atom is -0.356 e. The Labute approximate surface area is 209 Å². The third-order valence-electron chi connectivity index (χ3n) is 7.69. The van der Waals surface area contributed by atoms with E-state index in [0.717, 1.165) is 57.4 Å². The lowest BCUT2D eigenvalue weighted by Gasteiger charge is -2.35. The van der Waals surface area contributed by atoms with Crippen LogP contribution in [-0.2, 0) is 0 Å².